The lowest BCUT2D eigenvalue weighted by Gasteiger charge is -2.22. The smallest absolute Gasteiger partial charge is 0.338 e. The van der Waals surface area contributed by atoms with Gasteiger partial charge < -0.3 is 5.11 Å². The Labute approximate surface area is 122 Å². The number of nitrogens with zero attached hydrogens (tertiary/aromatic N) is 1. The highest BCUT2D eigenvalue weighted by atomic mass is 32.2. The molecule has 2 aliphatic rings. The van der Waals surface area contributed by atoms with Crippen LogP contribution in [0.4, 0.5) is 4.39 Å². The fourth-order valence-corrected chi connectivity index (χ4v) is 4.11. The molecular weight excluding hydrogens is 297 g/mol. The third-order valence-corrected chi connectivity index (χ3v) is 5.78. The summed E-state index contributed by atoms with van der Waals surface area (Å²) in [5.74, 6) is -1.99. The molecule has 0 unspecified atom stereocenters. The van der Waals surface area contributed by atoms with Crippen molar-refractivity contribution in [1.82, 2.24) is 4.31 Å². The molecule has 1 aromatic carbocycles. The highest BCUT2D eigenvalue weighted by Crippen LogP contribution is 2.38. The van der Waals surface area contributed by atoms with Gasteiger partial charge in [0.2, 0.25) is 10.0 Å². The van der Waals surface area contributed by atoms with E-state index in [1.165, 1.54) is 4.31 Å². The first-order valence-corrected chi connectivity index (χ1v) is 8.38. The predicted molar refractivity (Wildman–Crippen MR) is 73.0 cm³/mol. The average molecular weight is 313 g/mol. The number of benzene rings is 1. The van der Waals surface area contributed by atoms with E-state index in [9.17, 15) is 17.6 Å². The molecule has 7 heteroatoms. The van der Waals surface area contributed by atoms with Gasteiger partial charge in [0.05, 0.1) is 10.5 Å². The number of hydrogen-bond acceptors (Lipinski definition) is 3. The molecule has 0 bridgehead atoms. The van der Waals surface area contributed by atoms with E-state index in [0.29, 0.717) is 12.5 Å². The summed E-state index contributed by atoms with van der Waals surface area (Å²) in [4.78, 5) is 10.8. The third kappa shape index (κ3) is 2.94. The van der Waals surface area contributed by atoms with Gasteiger partial charge in [0.1, 0.15) is 5.82 Å². The average Bonchev–Trinajstić information content (AvgIpc) is 3.28. The van der Waals surface area contributed by atoms with Crippen LogP contribution in [0.15, 0.2) is 23.1 Å². The molecule has 21 heavy (non-hydrogen) atoms. The quantitative estimate of drug-likeness (QED) is 0.872. The molecule has 0 amide bonds. The fourth-order valence-electron chi connectivity index (χ4n) is 2.33. The molecule has 0 radical (unpaired) electrons. The van der Waals surface area contributed by atoms with Crippen LogP contribution >= 0.6 is 0 Å². The minimum Gasteiger partial charge on any atom is -0.478 e. The van der Waals surface area contributed by atoms with Crippen LogP contribution in [0.3, 0.4) is 0 Å². The summed E-state index contributed by atoms with van der Waals surface area (Å²) in [6.45, 7) is 0.479. The fraction of sp³-hybridized carbons (Fsp3) is 0.500. The zero-order chi connectivity index (χ0) is 15.2. The SMILES string of the molecule is O=C(O)c1cc(S(=O)(=O)N(CC2CC2)C2CC2)ccc1F. The van der Waals surface area contributed by atoms with Crippen LogP contribution in [0.5, 0.6) is 0 Å². The Morgan fingerprint density at radius 2 is 1.95 bits per heavy atom. The third-order valence-electron chi connectivity index (χ3n) is 3.86. The lowest BCUT2D eigenvalue weighted by atomic mass is 10.2. The number of carboxylic acids is 1. The summed E-state index contributed by atoms with van der Waals surface area (Å²) < 4.78 is 40.2. The summed E-state index contributed by atoms with van der Waals surface area (Å²) in [6.07, 6.45) is 3.73. The van der Waals surface area contributed by atoms with Crippen molar-refractivity contribution in [3.8, 4) is 0 Å². The Bertz CT molecular complexity index is 680. The summed E-state index contributed by atoms with van der Waals surface area (Å²) in [5, 5.41) is 8.92. The van der Waals surface area contributed by atoms with E-state index in [1.54, 1.807) is 0 Å². The summed E-state index contributed by atoms with van der Waals surface area (Å²) in [7, 11) is -3.76. The van der Waals surface area contributed by atoms with Gasteiger partial charge in [-0.05, 0) is 49.8 Å². The van der Waals surface area contributed by atoms with Crippen LogP contribution in [-0.2, 0) is 10.0 Å². The van der Waals surface area contributed by atoms with Gasteiger partial charge in [-0.2, -0.15) is 4.31 Å². The second kappa shape index (κ2) is 5.06. The van der Waals surface area contributed by atoms with Gasteiger partial charge in [0, 0.05) is 12.6 Å². The minimum absolute atomic E-state index is 0.00827. The molecule has 2 aliphatic carbocycles. The Hall–Kier alpha value is -1.47. The number of rotatable bonds is 6. The standard InChI is InChI=1S/C14H16FNO4S/c15-13-6-5-11(7-12(13)14(17)18)21(19,20)16(10-3-4-10)8-9-1-2-9/h5-7,9-10H,1-4,8H2,(H,17,18). The molecule has 1 N–H and O–H groups in total. The van der Waals surface area contributed by atoms with Crippen molar-refractivity contribution >= 4 is 16.0 Å². The number of halogens is 1. The van der Waals surface area contributed by atoms with Crippen molar-refractivity contribution in [3.05, 3.63) is 29.6 Å². The number of carboxylic acid groups (broad SMARTS) is 1. The van der Waals surface area contributed by atoms with Gasteiger partial charge in [-0.1, -0.05) is 0 Å². The molecule has 2 saturated carbocycles. The first-order valence-electron chi connectivity index (χ1n) is 6.94. The van der Waals surface area contributed by atoms with Crippen molar-refractivity contribution in [1.29, 1.82) is 0 Å². The number of hydrogen-bond donors (Lipinski definition) is 1. The molecule has 0 saturated heterocycles. The van der Waals surface area contributed by atoms with Gasteiger partial charge in [0.25, 0.3) is 0 Å². The Balaban J connectivity index is 1.96. The van der Waals surface area contributed by atoms with Crippen molar-refractivity contribution in [2.24, 2.45) is 5.92 Å². The van der Waals surface area contributed by atoms with Crippen molar-refractivity contribution in [2.75, 3.05) is 6.54 Å². The van der Waals surface area contributed by atoms with E-state index in [1.807, 2.05) is 0 Å². The first-order chi connectivity index (χ1) is 9.89. The predicted octanol–water partition coefficient (Wildman–Crippen LogP) is 2.09. The van der Waals surface area contributed by atoms with Crippen LogP contribution < -0.4 is 0 Å². The van der Waals surface area contributed by atoms with E-state index in [0.717, 1.165) is 43.9 Å². The lowest BCUT2D eigenvalue weighted by molar-refractivity contribution is 0.0691. The molecule has 0 atom stereocenters. The van der Waals surface area contributed by atoms with Crippen LogP contribution in [0.1, 0.15) is 36.0 Å². The molecular formula is C14H16FNO4S. The molecule has 2 fully saturated rings. The topological polar surface area (TPSA) is 74.7 Å². The molecule has 0 spiro atoms. The van der Waals surface area contributed by atoms with Gasteiger partial charge in [-0.15, -0.1) is 0 Å². The lowest BCUT2D eigenvalue weighted by Crippen LogP contribution is -2.35. The van der Waals surface area contributed by atoms with Gasteiger partial charge in [-0.3, -0.25) is 0 Å². The van der Waals surface area contributed by atoms with E-state index < -0.39 is 27.4 Å². The van der Waals surface area contributed by atoms with Crippen molar-refractivity contribution < 1.29 is 22.7 Å². The maximum Gasteiger partial charge on any atom is 0.338 e. The largest absolute Gasteiger partial charge is 0.478 e. The van der Waals surface area contributed by atoms with Crippen LogP contribution in [-0.4, -0.2) is 36.4 Å². The maximum absolute atomic E-state index is 13.4. The van der Waals surface area contributed by atoms with Crippen molar-refractivity contribution in [2.45, 2.75) is 36.6 Å². The number of sulfonamides is 1. The Morgan fingerprint density at radius 3 is 2.48 bits per heavy atom. The summed E-state index contributed by atoms with van der Waals surface area (Å²) in [6, 6.07) is 2.96. The van der Waals surface area contributed by atoms with Gasteiger partial charge >= 0.3 is 5.97 Å². The molecule has 0 aliphatic heterocycles. The van der Waals surface area contributed by atoms with Crippen LogP contribution in [0, 0.1) is 11.7 Å². The first kappa shape index (κ1) is 14.5. The highest BCUT2D eigenvalue weighted by Gasteiger charge is 2.41. The Morgan fingerprint density at radius 1 is 1.29 bits per heavy atom. The molecule has 0 aromatic heterocycles. The van der Waals surface area contributed by atoms with E-state index in [-0.39, 0.29) is 10.9 Å². The zero-order valence-corrected chi connectivity index (χ0v) is 12.1. The number of carbonyl (C=O) groups is 1. The van der Waals surface area contributed by atoms with Crippen molar-refractivity contribution in [3.63, 3.8) is 0 Å². The molecule has 114 valence electrons. The monoisotopic (exact) mass is 313 g/mol. The molecule has 0 heterocycles. The normalized spacial score (nSPS) is 19.0. The van der Waals surface area contributed by atoms with Gasteiger partial charge in [0.15, 0.2) is 0 Å². The Kier molecular flexibility index (Phi) is 3.49. The zero-order valence-electron chi connectivity index (χ0n) is 11.3. The van der Waals surface area contributed by atoms with Crippen LogP contribution in [0.25, 0.3) is 0 Å². The second-order valence-electron chi connectivity index (χ2n) is 5.70. The molecule has 3 rings (SSSR count). The maximum atomic E-state index is 13.4. The van der Waals surface area contributed by atoms with Crippen LogP contribution in [0.2, 0.25) is 0 Å². The highest BCUT2D eigenvalue weighted by molar-refractivity contribution is 7.89. The second-order valence-corrected chi connectivity index (χ2v) is 7.59. The van der Waals surface area contributed by atoms with E-state index in [2.05, 4.69) is 0 Å². The minimum atomic E-state index is -3.76. The molecule has 5 nitrogen and oxygen atoms in total. The summed E-state index contributed by atoms with van der Waals surface area (Å²) >= 11 is 0. The summed E-state index contributed by atoms with van der Waals surface area (Å²) in [5.41, 5.74) is -0.613. The molecule has 1 aromatic rings. The van der Waals surface area contributed by atoms with E-state index >= 15 is 0 Å². The van der Waals surface area contributed by atoms with E-state index in [4.69, 9.17) is 5.11 Å². The number of aromatic carboxylic acids is 1. The van der Waals surface area contributed by atoms with Gasteiger partial charge in [-0.25, -0.2) is 17.6 Å².